The topological polar surface area (TPSA) is 24.9 Å². The number of hydrogen-bond acceptors (Lipinski definition) is 2. The fraction of sp³-hybridized carbons (Fsp3) is 0.353. The van der Waals surface area contributed by atoms with Gasteiger partial charge in [-0.15, -0.1) is 0 Å². The van der Waals surface area contributed by atoms with Gasteiger partial charge in [0.15, 0.2) is 0 Å². The molecule has 1 aromatic carbocycles. The zero-order chi connectivity index (χ0) is 14.5. The normalized spacial score (nSPS) is 12.4. The third-order valence-electron chi connectivity index (χ3n) is 3.51. The van der Waals surface area contributed by atoms with Crippen LogP contribution in [0.1, 0.15) is 37.4 Å². The third-order valence-corrected chi connectivity index (χ3v) is 3.51. The Bertz CT molecular complexity index is 581. The van der Waals surface area contributed by atoms with Crippen molar-refractivity contribution < 1.29 is 4.39 Å². The number of benzene rings is 1. The first-order valence-electron chi connectivity index (χ1n) is 7.07. The van der Waals surface area contributed by atoms with Crippen LogP contribution >= 0.6 is 0 Å². The molecule has 2 nitrogen and oxygen atoms in total. The second kappa shape index (κ2) is 6.62. The zero-order valence-electron chi connectivity index (χ0n) is 12.3. The molecule has 1 heterocycles. The minimum Gasteiger partial charge on any atom is -0.310 e. The highest BCUT2D eigenvalue weighted by molar-refractivity contribution is 5.70. The summed E-state index contributed by atoms with van der Waals surface area (Å²) in [5, 5.41) is 3.45. The van der Waals surface area contributed by atoms with Gasteiger partial charge in [-0.05, 0) is 61.7 Å². The standard InChI is InChI=1S/C17H21FN2/c1-4-8-20-13(3)15-6-5-14(18)10-16(15)17-11-19-9-7-12(17)2/h5-7,9-11,13,20H,4,8H2,1-3H3. The molecule has 2 aromatic rings. The van der Waals surface area contributed by atoms with Crippen LogP contribution in [-0.4, -0.2) is 11.5 Å². The molecule has 0 spiro atoms. The number of aryl methyl sites for hydroxylation is 1. The van der Waals surface area contributed by atoms with Crippen LogP contribution in [-0.2, 0) is 0 Å². The number of hydrogen-bond donors (Lipinski definition) is 1. The molecule has 1 N–H and O–H groups in total. The smallest absolute Gasteiger partial charge is 0.123 e. The maximum absolute atomic E-state index is 13.6. The number of aromatic nitrogens is 1. The number of nitrogens with one attached hydrogen (secondary N) is 1. The van der Waals surface area contributed by atoms with E-state index in [0.29, 0.717) is 0 Å². The molecular weight excluding hydrogens is 251 g/mol. The molecule has 0 radical (unpaired) electrons. The van der Waals surface area contributed by atoms with Crippen molar-refractivity contribution in [3.8, 4) is 11.1 Å². The Morgan fingerprint density at radius 3 is 2.75 bits per heavy atom. The fourth-order valence-electron chi connectivity index (χ4n) is 2.36. The summed E-state index contributed by atoms with van der Waals surface area (Å²) in [6, 6.07) is 7.13. The van der Waals surface area contributed by atoms with Crippen molar-refractivity contribution in [2.24, 2.45) is 0 Å². The maximum atomic E-state index is 13.6. The highest BCUT2D eigenvalue weighted by Crippen LogP contribution is 2.30. The molecule has 0 saturated carbocycles. The van der Waals surface area contributed by atoms with E-state index in [1.54, 1.807) is 18.5 Å². The van der Waals surface area contributed by atoms with Gasteiger partial charge in [0.1, 0.15) is 5.82 Å². The summed E-state index contributed by atoms with van der Waals surface area (Å²) < 4.78 is 13.6. The third kappa shape index (κ3) is 3.23. The van der Waals surface area contributed by atoms with Gasteiger partial charge in [0, 0.05) is 24.0 Å². The zero-order valence-corrected chi connectivity index (χ0v) is 12.3. The van der Waals surface area contributed by atoms with E-state index in [1.807, 2.05) is 19.1 Å². The summed E-state index contributed by atoms with van der Waals surface area (Å²) in [4.78, 5) is 4.17. The lowest BCUT2D eigenvalue weighted by molar-refractivity contribution is 0.569. The van der Waals surface area contributed by atoms with Crippen molar-refractivity contribution in [2.75, 3.05) is 6.54 Å². The first-order valence-corrected chi connectivity index (χ1v) is 7.07. The lowest BCUT2D eigenvalue weighted by atomic mass is 9.94. The summed E-state index contributed by atoms with van der Waals surface area (Å²) in [6.45, 7) is 7.22. The summed E-state index contributed by atoms with van der Waals surface area (Å²) in [6.07, 6.45) is 4.64. The molecule has 0 saturated heterocycles. The van der Waals surface area contributed by atoms with E-state index in [0.717, 1.165) is 35.2 Å². The molecule has 0 aliphatic rings. The average molecular weight is 272 g/mol. The Kier molecular flexibility index (Phi) is 4.85. The van der Waals surface area contributed by atoms with Gasteiger partial charge in [-0.1, -0.05) is 13.0 Å². The van der Waals surface area contributed by atoms with Gasteiger partial charge in [0.25, 0.3) is 0 Å². The quantitative estimate of drug-likeness (QED) is 0.879. The van der Waals surface area contributed by atoms with Crippen LogP contribution in [0.3, 0.4) is 0 Å². The van der Waals surface area contributed by atoms with E-state index < -0.39 is 0 Å². The molecule has 20 heavy (non-hydrogen) atoms. The summed E-state index contributed by atoms with van der Waals surface area (Å²) in [7, 11) is 0. The SMILES string of the molecule is CCCNC(C)c1ccc(F)cc1-c1cnccc1C. The van der Waals surface area contributed by atoms with Gasteiger partial charge in [-0.3, -0.25) is 4.98 Å². The van der Waals surface area contributed by atoms with Crippen LogP contribution < -0.4 is 5.32 Å². The van der Waals surface area contributed by atoms with Gasteiger partial charge in [0.2, 0.25) is 0 Å². The van der Waals surface area contributed by atoms with Crippen LogP contribution in [0, 0.1) is 12.7 Å². The molecule has 106 valence electrons. The summed E-state index contributed by atoms with van der Waals surface area (Å²) in [5.41, 5.74) is 4.13. The highest BCUT2D eigenvalue weighted by Gasteiger charge is 2.14. The number of rotatable bonds is 5. The van der Waals surface area contributed by atoms with Crippen LogP contribution in [0.15, 0.2) is 36.7 Å². The van der Waals surface area contributed by atoms with E-state index >= 15 is 0 Å². The van der Waals surface area contributed by atoms with Crippen LogP contribution in [0.25, 0.3) is 11.1 Å². The molecule has 1 atom stereocenters. The molecule has 1 unspecified atom stereocenters. The molecule has 0 bridgehead atoms. The Hall–Kier alpha value is -1.74. The highest BCUT2D eigenvalue weighted by atomic mass is 19.1. The van der Waals surface area contributed by atoms with Gasteiger partial charge < -0.3 is 5.32 Å². The van der Waals surface area contributed by atoms with E-state index in [4.69, 9.17) is 0 Å². The minimum atomic E-state index is -0.213. The van der Waals surface area contributed by atoms with Gasteiger partial charge >= 0.3 is 0 Å². The Balaban J connectivity index is 2.46. The molecule has 0 fully saturated rings. The maximum Gasteiger partial charge on any atom is 0.123 e. The summed E-state index contributed by atoms with van der Waals surface area (Å²) >= 11 is 0. The van der Waals surface area contributed by atoms with Crippen molar-refractivity contribution in [1.29, 1.82) is 0 Å². The first kappa shape index (κ1) is 14.7. The Morgan fingerprint density at radius 1 is 1.25 bits per heavy atom. The largest absolute Gasteiger partial charge is 0.310 e. The molecule has 2 rings (SSSR count). The predicted molar refractivity (Wildman–Crippen MR) is 81.1 cm³/mol. The number of nitrogens with zero attached hydrogens (tertiary/aromatic N) is 1. The lowest BCUT2D eigenvalue weighted by Gasteiger charge is -2.19. The van der Waals surface area contributed by atoms with Gasteiger partial charge in [0.05, 0.1) is 0 Å². The monoisotopic (exact) mass is 272 g/mol. The van der Waals surface area contributed by atoms with Crippen molar-refractivity contribution >= 4 is 0 Å². The van der Waals surface area contributed by atoms with Gasteiger partial charge in [-0.2, -0.15) is 0 Å². The number of pyridine rings is 1. The van der Waals surface area contributed by atoms with E-state index in [2.05, 4.69) is 24.1 Å². The molecule has 0 amide bonds. The second-order valence-electron chi connectivity index (χ2n) is 5.10. The molecule has 1 aromatic heterocycles. The lowest BCUT2D eigenvalue weighted by Crippen LogP contribution is -2.20. The Morgan fingerprint density at radius 2 is 2.05 bits per heavy atom. The van der Waals surface area contributed by atoms with E-state index in [1.165, 1.54) is 6.07 Å². The molecular formula is C17H21FN2. The van der Waals surface area contributed by atoms with E-state index in [-0.39, 0.29) is 11.9 Å². The van der Waals surface area contributed by atoms with Crippen LogP contribution in [0.2, 0.25) is 0 Å². The fourth-order valence-corrected chi connectivity index (χ4v) is 2.36. The Labute approximate surface area is 120 Å². The molecule has 0 aliphatic heterocycles. The van der Waals surface area contributed by atoms with Crippen LogP contribution in [0.5, 0.6) is 0 Å². The average Bonchev–Trinajstić information content (AvgIpc) is 2.45. The van der Waals surface area contributed by atoms with Crippen molar-refractivity contribution in [2.45, 2.75) is 33.2 Å². The van der Waals surface area contributed by atoms with E-state index in [9.17, 15) is 4.39 Å². The minimum absolute atomic E-state index is 0.185. The van der Waals surface area contributed by atoms with Crippen molar-refractivity contribution in [1.82, 2.24) is 10.3 Å². The van der Waals surface area contributed by atoms with Crippen molar-refractivity contribution in [3.05, 3.63) is 53.6 Å². The van der Waals surface area contributed by atoms with Crippen LogP contribution in [0.4, 0.5) is 4.39 Å². The number of halogens is 1. The molecule has 0 aliphatic carbocycles. The second-order valence-corrected chi connectivity index (χ2v) is 5.10. The molecule has 3 heteroatoms. The first-order chi connectivity index (χ1) is 9.63. The van der Waals surface area contributed by atoms with Crippen molar-refractivity contribution in [3.63, 3.8) is 0 Å². The van der Waals surface area contributed by atoms with Gasteiger partial charge in [-0.25, -0.2) is 4.39 Å². The predicted octanol–water partition coefficient (Wildman–Crippen LogP) is 4.26. The summed E-state index contributed by atoms with van der Waals surface area (Å²) in [5.74, 6) is -0.213.